The van der Waals surface area contributed by atoms with Gasteiger partial charge in [0.15, 0.2) is 0 Å². The highest BCUT2D eigenvalue weighted by Gasteiger charge is 2.51. The minimum Gasteiger partial charge on any atom is -0.399 e. The summed E-state index contributed by atoms with van der Waals surface area (Å²) in [6, 6.07) is 6.12. The Labute approximate surface area is 132 Å². The smallest absolute Gasteiger partial charge is 0.399 e. The van der Waals surface area contributed by atoms with E-state index in [4.69, 9.17) is 9.31 Å². The number of halogens is 3. The molecule has 2 aromatic rings. The van der Waals surface area contributed by atoms with E-state index in [-0.39, 0.29) is 0 Å². The first-order valence-corrected chi connectivity index (χ1v) is 7.32. The van der Waals surface area contributed by atoms with Crippen LogP contribution in [0.15, 0.2) is 30.5 Å². The Kier molecular flexibility index (Phi) is 3.50. The van der Waals surface area contributed by atoms with Crippen LogP contribution in [0.25, 0.3) is 10.9 Å². The van der Waals surface area contributed by atoms with Crippen LogP contribution < -0.4 is 5.46 Å². The Morgan fingerprint density at radius 2 is 1.61 bits per heavy atom. The second kappa shape index (κ2) is 4.95. The Bertz CT molecular complexity index is 743. The molecule has 1 fully saturated rings. The minimum atomic E-state index is -4.40. The van der Waals surface area contributed by atoms with Crippen LogP contribution in [0.3, 0.4) is 0 Å². The van der Waals surface area contributed by atoms with E-state index < -0.39 is 30.1 Å². The van der Waals surface area contributed by atoms with Crippen molar-refractivity contribution < 1.29 is 22.5 Å². The summed E-state index contributed by atoms with van der Waals surface area (Å²) in [5.74, 6) is 0. The molecule has 0 atom stereocenters. The van der Waals surface area contributed by atoms with Gasteiger partial charge in [0.2, 0.25) is 0 Å². The van der Waals surface area contributed by atoms with Gasteiger partial charge in [0.25, 0.3) is 0 Å². The average molecular weight is 323 g/mol. The summed E-state index contributed by atoms with van der Waals surface area (Å²) in [6.07, 6.45) is -3.55. The minimum absolute atomic E-state index is 0.431. The molecule has 7 heteroatoms. The average Bonchev–Trinajstić information content (AvgIpc) is 2.65. The molecule has 0 aliphatic carbocycles. The maximum absolute atomic E-state index is 12.7. The molecule has 1 saturated heterocycles. The standard InChI is InChI=1S/C16H17BF3NO2/c1-14(2)15(3,4)23-17(22-14)12-6-5-10-7-11(16(18,19)20)9-21-13(10)8-12/h5-9H,1-4H3. The number of pyridine rings is 1. The monoisotopic (exact) mass is 323 g/mol. The molecule has 122 valence electrons. The SMILES string of the molecule is CC1(C)OB(c2ccc3cc(C(F)(F)F)cnc3c2)OC1(C)C. The molecule has 1 aliphatic heterocycles. The van der Waals surface area contributed by atoms with Crippen LogP contribution in [-0.4, -0.2) is 23.3 Å². The summed E-state index contributed by atoms with van der Waals surface area (Å²) in [6.45, 7) is 7.79. The summed E-state index contributed by atoms with van der Waals surface area (Å²) >= 11 is 0. The van der Waals surface area contributed by atoms with Crippen molar-refractivity contribution in [3.8, 4) is 0 Å². The van der Waals surface area contributed by atoms with Gasteiger partial charge < -0.3 is 9.31 Å². The predicted molar refractivity (Wildman–Crippen MR) is 82.5 cm³/mol. The van der Waals surface area contributed by atoms with E-state index >= 15 is 0 Å². The van der Waals surface area contributed by atoms with Crippen molar-refractivity contribution in [1.82, 2.24) is 4.98 Å². The quantitative estimate of drug-likeness (QED) is 0.752. The first-order valence-electron chi connectivity index (χ1n) is 7.32. The van der Waals surface area contributed by atoms with Gasteiger partial charge in [-0.2, -0.15) is 13.2 Å². The lowest BCUT2D eigenvalue weighted by molar-refractivity contribution is -0.137. The number of fused-ring (bicyclic) bond motifs is 1. The molecule has 3 rings (SSSR count). The number of nitrogens with zero attached hydrogens (tertiary/aromatic N) is 1. The van der Waals surface area contributed by atoms with Crippen molar-refractivity contribution in [3.63, 3.8) is 0 Å². The summed E-state index contributed by atoms with van der Waals surface area (Å²) in [7, 11) is -0.562. The molecule has 3 nitrogen and oxygen atoms in total. The molecular weight excluding hydrogens is 306 g/mol. The normalized spacial score (nSPS) is 20.2. The molecule has 0 N–H and O–H groups in total. The molecule has 0 radical (unpaired) electrons. The van der Waals surface area contributed by atoms with Crippen molar-refractivity contribution >= 4 is 23.5 Å². The lowest BCUT2D eigenvalue weighted by Gasteiger charge is -2.32. The molecule has 1 aromatic carbocycles. The molecule has 2 heterocycles. The fourth-order valence-electron chi connectivity index (χ4n) is 2.42. The fraction of sp³-hybridized carbons (Fsp3) is 0.438. The van der Waals surface area contributed by atoms with E-state index in [1.807, 2.05) is 27.7 Å². The highest BCUT2D eigenvalue weighted by atomic mass is 19.4. The number of hydrogen-bond acceptors (Lipinski definition) is 3. The second-order valence-corrected chi connectivity index (χ2v) is 6.76. The van der Waals surface area contributed by atoms with Crippen LogP contribution in [0.2, 0.25) is 0 Å². The van der Waals surface area contributed by atoms with Gasteiger partial charge in [0.05, 0.1) is 22.3 Å². The van der Waals surface area contributed by atoms with E-state index in [1.165, 1.54) is 0 Å². The zero-order chi connectivity index (χ0) is 17.0. The topological polar surface area (TPSA) is 31.4 Å². The third-order valence-corrected chi connectivity index (χ3v) is 4.56. The van der Waals surface area contributed by atoms with Gasteiger partial charge in [-0.15, -0.1) is 0 Å². The second-order valence-electron chi connectivity index (χ2n) is 6.76. The van der Waals surface area contributed by atoms with Gasteiger partial charge >= 0.3 is 13.3 Å². The summed E-state index contributed by atoms with van der Waals surface area (Å²) in [5.41, 5.74) is -0.484. The molecule has 1 aliphatic rings. The fourth-order valence-corrected chi connectivity index (χ4v) is 2.42. The van der Waals surface area contributed by atoms with Gasteiger partial charge in [-0.25, -0.2) is 0 Å². The van der Waals surface area contributed by atoms with E-state index in [0.717, 1.165) is 17.7 Å². The van der Waals surface area contributed by atoms with Crippen molar-refractivity contribution in [3.05, 3.63) is 36.0 Å². The van der Waals surface area contributed by atoms with Gasteiger partial charge in [0.1, 0.15) is 0 Å². The van der Waals surface area contributed by atoms with Gasteiger partial charge in [0, 0.05) is 11.6 Å². The molecule has 1 aromatic heterocycles. The summed E-state index contributed by atoms with van der Waals surface area (Å²) in [4.78, 5) is 3.92. The van der Waals surface area contributed by atoms with Crippen molar-refractivity contribution in [2.45, 2.75) is 45.1 Å². The van der Waals surface area contributed by atoms with E-state index in [2.05, 4.69) is 4.98 Å². The van der Waals surface area contributed by atoms with Crippen LogP contribution in [0.4, 0.5) is 13.2 Å². The Balaban J connectivity index is 1.96. The summed E-state index contributed by atoms with van der Waals surface area (Å²) in [5, 5.41) is 0.431. The van der Waals surface area contributed by atoms with Crippen LogP contribution >= 0.6 is 0 Å². The maximum atomic E-state index is 12.7. The third kappa shape index (κ3) is 2.83. The van der Waals surface area contributed by atoms with E-state index in [0.29, 0.717) is 10.9 Å². The first-order chi connectivity index (χ1) is 10.5. The van der Waals surface area contributed by atoms with Gasteiger partial charge in [-0.1, -0.05) is 12.1 Å². The highest BCUT2D eigenvalue weighted by Crippen LogP contribution is 2.36. The third-order valence-electron chi connectivity index (χ3n) is 4.56. The van der Waals surface area contributed by atoms with Crippen LogP contribution in [0.5, 0.6) is 0 Å². The highest BCUT2D eigenvalue weighted by molar-refractivity contribution is 6.62. The molecule has 23 heavy (non-hydrogen) atoms. The van der Waals surface area contributed by atoms with E-state index in [1.54, 1.807) is 18.2 Å². The molecule has 0 unspecified atom stereocenters. The van der Waals surface area contributed by atoms with Crippen LogP contribution in [0.1, 0.15) is 33.3 Å². The van der Waals surface area contributed by atoms with Crippen molar-refractivity contribution in [2.24, 2.45) is 0 Å². The first kappa shape index (κ1) is 16.3. The number of alkyl halides is 3. The van der Waals surface area contributed by atoms with Crippen molar-refractivity contribution in [2.75, 3.05) is 0 Å². The maximum Gasteiger partial charge on any atom is 0.494 e. The number of benzene rings is 1. The van der Waals surface area contributed by atoms with Crippen LogP contribution in [-0.2, 0) is 15.5 Å². The number of rotatable bonds is 1. The Morgan fingerprint density at radius 1 is 1.00 bits per heavy atom. The molecule has 0 amide bonds. The molecule has 0 bridgehead atoms. The zero-order valence-electron chi connectivity index (χ0n) is 13.4. The zero-order valence-corrected chi connectivity index (χ0v) is 13.4. The van der Waals surface area contributed by atoms with Crippen molar-refractivity contribution in [1.29, 1.82) is 0 Å². The summed E-state index contributed by atoms with van der Waals surface area (Å²) < 4.78 is 50.1. The van der Waals surface area contributed by atoms with Gasteiger partial charge in [-0.3, -0.25) is 4.98 Å². The molecular formula is C16H17BF3NO2. The Morgan fingerprint density at radius 3 is 2.17 bits per heavy atom. The lowest BCUT2D eigenvalue weighted by Crippen LogP contribution is -2.41. The predicted octanol–water partition coefficient (Wildman–Crippen LogP) is 3.55. The van der Waals surface area contributed by atoms with Crippen LogP contribution in [0, 0.1) is 0 Å². The van der Waals surface area contributed by atoms with Gasteiger partial charge in [-0.05, 0) is 45.3 Å². The Hall–Kier alpha value is -1.60. The largest absolute Gasteiger partial charge is 0.494 e. The number of hydrogen-bond donors (Lipinski definition) is 0. The van der Waals surface area contributed by atoms with E-state index in [9.17, 15) is 13.2 Å². The molecule has 0 saturated carbocycles. The number of aromatic nitrogens is 1. The lowest BCUT2D eigenvalue weighted by atomic mass is 9.78. The molecule has 0 spiro atoms.